The lowest BCUT2D eigenvalue weighted by atomic mass is 10.0. The van der Waals surface area contributed by atoms with Crippen molar-refractivity contribution in [1.29, 1.82) is 0 Å². The van der Waals surface area contributed by atoms with Gasteiger partial charge in [-0.1, -0.05) is 71.6 Å². The lowest BCUT2D eigenvalue weighted by Gasteiger charge is -2.14. The van der Waals surface area contributed by atoms with Crippen LogP contribution in [0.5, 0.6) is 0 Å². The minimum atomic E-state index is -0.382. The van der Waals surface area contributed by atoms with E-state index in [1.807, 2.05) is 61.5 Å². The maximum atomic E-state index is 13.5. The molecule has 2 aromatic carbocycles. The van der Waals surface area contributed by atoms with Crippen LogP contribution in [0.1, 0.15) is 28.1 Å². The van der Waals surface area contributed by atoms with E-state index in [1.54, 1.807) is 6.20 Å². The molecule has 0 unspecified atom stereocenters. The Hall–Kier alpha value is -2.64. The Morgan fingerprint density at radius 3 is 2.74 bits per heavy atom. The van der Waals surface area contributed by atoms with Crippen LogP contribution in [-0.2, 0) is 0 Å². The van der Waals surface area contributed by atoms with E-state index in [4.69, 9.17) is 0 Å². The summed E-state index contributed by atoms with van der Waals surface area (Å²) in [6, 6.07) is 17.7. The van der Waals surface area contributed by atoms with Crippen molar-refractivity contribution in [3.8, 4) is 0 Å². The van der Waals surface area contributed by atoms with Gasteiger partial charge in [0.2, 0.25) is 5.13 Å². The number of aromatic nitrogens is 3. The summed E-state index contributed by atoms with van der Waals surface area (Å²) < 4.78 is 0.771. The van der Waals surface area contributed by atoms with E-state index < -0.39 is 0 Å². The number of anilines is 1. The monoisotopic (exact) mass is 394 g/mol. The number of nitrogens with one attached hydrogen (secondary N) is 2. The Kier molecular flexibility index (Phi) is 5.22. The van der Waals surface area contributed by atoms with Gasteiger partial charge < -0.3 is 10.3 Å². The first-order valence-electron chi connectivity index (χ1n) is 8.65. The molecule has 0 bridgehead atoms. The van der Waals surface area contributed by atoms with Crippen molar-refractivity contribution in [2.24, 2.45) is 0 Å². The van der Waals surface area contributed by atoms with Gasteiger partial charge in [-0.25, -0.2) is 0 Å². The first-order valence-corrected chi connectivity index (χ1v) is 10.3. The highest BCUT2D eigenvalue weighted by Gasteiger charge is 2.27. The molecular formula is C20H18N4OS2. The number of aromatic amines is 1. The summed E-state index contributed by atoms with van der Waals surface area (Å²) >= 11 is 2.91. The number of Topliss-reactive ketones (excluding diaryl/α,β-unsaturated/α-hetero) is 1. The molecular weight excluding hydrogens is 376 g/mol. The van der Waals surface area contributed by atoms with Gasteiger partial charge in [-0.2, -0.15) is 0 Å². The van der Waals surface area contributed by atoms with Gasteiger partial charge in [0, 0.05) is 29.2 Å². The molecule has 5 nitrogen and oxygen atoms in total. The average Bonchev–Trinajstić information content (AvgIpc) is 3.33. The van der Waals surface area contributed by atoms with E-state index in [0.717, 1.165) is 32.5 Å². The summed E-state index contributed by atoms with van der Waals surface area (Å²) in [7, 11) is 0. The fraction of sp³-hybridized carbons (Fsp3) is 0.150. The molecule has 0 saturated carbocycles. The molecule has 1 atom stereocenters. The van der Waals surface area contributed by atoms with E-state index in [0.29, 0.717) is 5.56 Å². The van der Waals surface area contributed by atoms with E-state index >= 15 is 0 Å². The number of ketones is 1. The highest BCUT2D eigenvalue weighted by atomic mass is 32.2. The van der Waals surface area contributed by atoms with Crippen molar-refractivity contribution < 1.29 is 4.79 Å². The number of H-pyrrole nitrogens is 1. The molecule has 2 N–H and O–H groups in total. The molecule has 2 heterocycles. The molecule has 136 valence electrons. The Morgan fingerprint density at radius 2 is 1.93 bits per heavy atom. The van der Waals surface area contributed by atoms with Crippen molar-refractivity contribution in [2.75, 3.05) is 11.9 Å². The number of rotatable bonds is 7. The summed E-state index contributed by atoms with van der Waals surface area (Å²) in [6.07, 6.45) is 1.80. The second-order valence-electron chi connectivity index (χ2n) is 5.92. The molecule has 7 heteroatoms. The molecule has 0 fully saturated rings. The van der Waals surface area contributed by atoms with Crippen LogP contribution in [0, 0.1) is 0 Å². The zero-order valence-corrected chi connectivity index (χ0v) is 16.3. The molecule has 4 rings (SSSR count). The van der Waals surface area contributed by atoms with Crippen LogP contribution in [0.4, 0.5) is 5.13 Å². The lowest BCUT2D eigenvalue weighted by Crippen LogP contribution is -2.09. The Bertz CT molecular complexity index is 1060. The van der Waals surface area contributed by atoms with Gasteiger partial charge in [0.25, 0.3) is 0 Å². The number of carbonyl (C=O) groups is 1. The normalized spacial score (nSPS) is 12.2. The highest BCUT2D eigenvalue weighted by Crippen LogP contribution is 2.40. The van der Waals surface area contributed by atoms with Crippen molar-refractivity contribution in [3.63, 3.8) is 0 Å². The third-order valence-electron chi connectivity index (χ3n) is 4.15. The van der Waals surface area contributed by atoms with Gasteiger partial charge in [-0.05, 0) is 18.6 Å². The van der Waals surface area contributed by atoms with Gasteiger partial charge in [-0.15, -0.1) is 10.2 Å². The maximum Gasteiger partial charge on any atom is 0.206 e. The largest absolute Gasteiger partial charge is 0.360 e. The van der Waals surface area contributed by atoms with E-state index in [-0.39, 0.29) is 11.0 Å². The third-order valence-corrected chi connectivity index (χ3v) is 6.37. The Morgan fingerprint density at radius 1 is 1.15 bits per heavy atom. The number of benzene rings is 2. The minimum absolute atomic E-state index is 0.0591. The van der Waals surface area contributed by atoms with Gasteiger partial charge in [0.05, 0.1) is 0 Å². The number of fused-ring (bicyclic) bond motifs is 1. The highest BCUT2D eigenvalue weighted by molar-refractivity contribution is 8.02. The fourth-order valence-corrected chi connectivity index (χ4v) is 4.98. The first-order chi connectivity index (χ1) is 13.3. The van der Waals surface area contributed by atoms with Crippen LogP contribution >= 0.6 is 23.1 Å². The molecule has 0 saturated heterocycles. The summed E-state index contributed by atoms with van der Waals surface area (Å²) in [5, 5.41) is 12.9. The third kappa shape index (κ3) is 3.74. The molecule has 0 amide bonds. The van der Waals surface area contributed by atoms with E-state index in [1.165, 1.54) is 23.1 Å². The number of nitrogens with zero attached hydrogens (tertiary/aromatic N) is 2. The first kappa shape index (κ1) is 17.8. The smallest absolute Gasteiger partial charge is 0.206 e. The van der Waals surface area contributed by atoms with Gasteiger partial charge >= 0.3 is 0 Å². The van der Waals surface area contributed by atoms with Crippen LogP contribution < -0.4 is 5.32 Å². The van der Waals surface area contributed by atoms with Crippen LogP contribution in [-0.4, -0.2) is 27.5 Å². The molecule has 4 aromatic rings. The Labute approximate surface area is 165 Å². The molecule has 27 heavy (non-hydrogen) atoms. The number of para-hydroxylation sites is 1. The molecule has 0 aliphatic carbocycles. The SMILES string of the molecule is CCNc1nnc(S[C@@H](C(=O)c2c[nH]c3ccccc23)c2ccccc2)s1. The van der Waals surface area contributed by atoms with Crippen LogP contribution in [0.15, 0.2) is 65.1 Å². The fourth-order valence-electron chi connectivity index (χ4n) is 2.90. The average molecular weight is 395 g/mol. The van der Waals surface area contributed by atoms with Crippen LogP contribution in [0.3, 0.4) is 0 Å². The van der Waals surface area contributed by atoms with Gasteiger partial charge in [0.1, 0.15) is 5.25 Å². The topological polar surface area (TPSA) is 70.7 Å². The summed E-state index contributed by atoms with van der Waals surface area (Å²) in [4.78, 5) is 16.7. The zero-order valence-electron chi connectivity index (χ0n) is 14.7. The van der Waals surface area contributed by atoms with Crippen molar-refractivity contribution in [1.82, 2.24) is 15.2 Å². The van der Waals surface area contributed by atoms with E-state index in [9.17, 15) is 4.79 Å². The minimum Gasteiger partial charge on any atom is -0.360 e. The summed E-state index contributed by atoms with van der Waals surface area (Å²) in [6.45, 7) is 2.80. The standard InChI is InChI=1S/C20H18N4OS2/c1-2-21-19-23-24-20(27-19)26-18(13-8-4-3-5-9-13)17(25)15-12-22-16-11-7-6-10-14(15)16/h3-12,18,22H,2H2,1H3,(H,21,23)/t18-/m1/s1. The molecule has 2 aromatic heterocycles. The number of thioether (sulfide) groups is 1. The van der Waals surface area contributed by atoms with Crippen molar-refractivity contribution in [3.05, 3.63) is 71.9 Å². The lowest BCUT2D eigenvalue weighted by molar-refractivity contribution is 0.0991. The van der Waals surface area contributed by atoms with Crippen molar-refractivity contribution >= 4 is 44.9 Å². The van der Waals surface area contributed by atoms with E-state index in [2.05, 4.69) is 20.5 Å². The second-order valence-corrected chi connectivity index (χ2v) is 8.25. The number of hydrogen-bond donors (Lipinski definition) is 2. The molecule has 0 radical (unpaired) electrons. The predicted octanol–water partition coefficient (Wildman–Crippen LogP) is 5.17. The zero-order chi connectivity index (χ0) is 18.6. The Balaban J connectivity index is 1.70. The molecule has 0 spiro atoms. The molecule has 0 aliphatic heterocycles. The predicted molar refractivity (Wildman–Crippen MR) is 112 cm³/mol. The number of hydrogen-bond acceptors (Lipinski definition) is 6. The second kappa shape index (κ2) is 7.94. The molecule has 0 aliphatic rings. The van der Waals surface area contributed by atoms with Crippen LogP contribution in [0.25, 0.3) is 10.9 Å². The summed E-state index contributed by atoms with van der Waals surface area (Å²) in [5.41, 5.74) is 2.62. The number of carbonyl (C=O) groups excluding carboxylic acids is 1. The quantitative estimate of drug-likeness (QED) is 0.334. The van der Waals surface area contributed by atoms with Gasteiger partial charge in [0.15, 0.2) is 10.1 Å². The van der Waals surface area contributed by atoms with Crippen LogP contribution in [0.2, 0.25) is 0 Å². The van der Waals surface area contributed by atoms with Gasteiger partial charge in [-0.3, -0.25) is 4.79 Å². The van der Waals surface area contributed by atoms with Crippen molar-refractivity contribution in [2.45, 2.75) is 16.5 Å². The maximum absolute atomic E-state index is 13.5. The summed E-state index contributed by atoms with van der Waals surface area (Å²) in [5.74, 6) is 0.0591.